The van der Waals surface area contributed by atoms with E-state index in [4.69, 9.17) is 4.74 Å². The largest absolute Gasteiger partial charge is 0.496 e. The van der Waals surface area contributed by atoms with Crippen molar-refractivity contribution in [1.82, 2.24) is 4.90 Å². The topological polar surface area (TPSA) is 49.8 Å². The number of likely N-dealkylation sites (N-methyl/N-ethyl adjacent to an activating group) is 1. The van der Waals surface area contributed by atoms with Crippen LogP contribution in [0, 0.1) is 0 Å². The van der Waals surface area contributed by atoms with Crippen molar-refractivity contribution in [3.8, 4) is 5.75 Å². The molecule has 4 heteroatoms. The van der Waals surface area contributed by atoms with E-state index in [2.05, 4.69) is 0 Å². The molecular weight excluding hydrogens is 266 g/mol. The van der Waals surface area contributed by atoms with Crippen molar-refractivity contribution in [1.29, 1.82) is 0 Å². The Labute approximate surface area is 126 Å². The van der Waals surface area contributed by atoms with E-state index in [0.29, 0.717) is 12.8 Å². The van der Waals surface area contributed by atoms with Crippen LogP contribution in [0.15, 0.2) is 24.3 Å². The van der Waals surface area contributed by atoms with E-state index in [1.165, 1.54) is 0 Å². The van der Waals surface area contributed by atoms with Crippen molar-refractivity contribution in [2.45, 2.75) is 50.7 Å². The Morgan fingerprint density at radius 2 is 2.05 bits per heavy atom. The number of nitrogens with zero attached hydrogens (tertiary/aromatic N) is 1. The van der Waals surface area contributed by atoms with Crippen LogP contribution in [-0.2, 0) is 11.2 Å². The number of aryl methyl sites for hydroxylation is 1. The number of para-hydroxylation sites is 1. The average Bonchev–Trinajstić information content (AvgIpc) is 2.52. The quantitative estimate of drug-likeness (QED) is 0.906. The van der Waals surface area contributed by atoms with Crippen LogP contribution >= 0.6 is 0 Å². The molecule has 2 atom stereocenters. The lowest BCUT2D eigenvalue weighted by molar-refractivity contribution is -0.135. The number of rotatable bonds is 5. The Morgan fingerprint density at radius 3 is 2.76 bits per heavy atom. The summed E-state index contributed by atoms with van der Waals surface area (Å²) < 4.78 is 5.31. The van der Waals surface area contributed by atoms with Gasteiger partial charge < -0.3 is 14.7 Å². The molecule has 0 spiro atoms. The van der Waals surface area contributed by atoms with Crippen LogP contribution in [-0.4, -0.2) is 42.2 Å². The predicted octanol–water partition coefficient (Wildman–Crippen LogP) is 2.39. The highest BCUT2D eigenvalue weighted by Crippen LogP contribution is 2.24. The average molecular weight is 291 g/mol. The van der Waals surface area contributed by atoms with Crippen LogP contribution in [0.4, 0.5) is 0 Å². The molecule has 0 bridgehead atoms. The van der Waals surface area contributed by atoms with E-state index in [1.807, 2.05) is 31.3 Å². The monoisotopic (exact) mass is 291 g/mol. The van der Waals surface area contributed by atoms with Gasteiger partial charge in [0, 0.05) is 13.5 Å². The first-order chi connectivity index (χ1) is 10.1. The van der Waals surface area contributed by atoms with Gasteiger partial charge in [-0.15, -0.1) is 0 Å². The Hall–Kier alpha value is -1.55. The Morgan fingerprint density at radius 1 is 1.33 bits per heavy atom. The van der Waals surface area contributed by atoms with Crippen LogP contribution in [0.3, 0.4) is 0 Å². The summed E-state index contributed by atoms with van der Waals surface area (Å²) in [5, 5.41) is 10.0. The molecule has 0 saturated heterocycles. The third kappa shape index (κ3) is 3.97. The van der Waals surface area contributed by atoms with Gasteiger partial charge in [-0.3, -0.25) is 4.79 Å². The van der Waals surface area contributed by atoms with Crippen LogP contribution < -0.4 is 4.74 Å². The maximum absolute atomic E-state index is 12.3. The zero-order valence-electron chi connectivity index (χ0n) is 12.9. The second-order valence-electron chi connectivity index (χ2n) is 5.74. The number of hydrogen-bond acceptors (Lipinski definition) is 3. The molecule has 2 unspecified atom stereocenters. The predicted molar refractivity (Wildman–Crippen MR) is 82.3 cm³/mol. The van der Waals surface area contributed by atoms with E-state index in [0.717, 1.165) is 37.0 Å². The lowest BCUT2D eigenvalue weighted by Gasteiger charge is -2.35. The fraction of sp³-hybridized carbons (Fsp3) is 0.588. The van der Waals surface area contributed by atoms with Crippen molar-refractivity contribution < 1.29 is 14.6 Å². The Bertz CT molecular complexity index is 475. The van der Waals surface area contributed by atoms with Crippen LogP contribution in [0.25, 0.3) is 0 Å². The fourth-order valence-electron chi connectivity index (χ4n) is 3.06. The number of benzene rings is 1. The highest BCUT2D eigenvalue weighted by atomic mass is 16.5. The summed E-state index contributed by atoms with van der Waals surface area (Å²) in [6.45, 7) is 0. The maximum atomic E-state index is 12.3. The fourth-order valence-corrected chi connectivity index (χ4v) is 3.06. The minimum atomic E-state index is -0.376. The van der Waals surface area contributed by atoms with E-state index < -0.39 is 0 Å². The summed E-state index contributed by atoms with van der Waals surface area (Å²) in [5.41, 5.74) is 1.05. The van der Waals surface area contributed by atoms with Crippen molar-refractivity contribution in [3.05, 3.63) is 29.8 Å². The Balaban J connectivity index is 1.91. The molecule has 116 valence electrons. The SMILES string of the molecule is COc1ccccc1CCC(=O)N(C)C1CCCCC1O. The molecule has 1 saturated carbocycles. The minimum absolute atomic E-state index is 0.0241. The third-order valence-corrected chi connectivity index (χ3v) is 4.39. The highest BCUT2D eigenvalue weighted by Gasteiger charge is 2.29. The lowest BCUT2D eigenvalue weighted by atomic mass is 9.91. The number of amides is 1. The zero-order chi connectivity index (χ0) is 15.2. The highest BCUT2D eigenvalue weighted by molar-refractivity contribution is 5.76. The third-order valence-electron chi connectivity index (χ3n) is 4.39. The van der Waals surface area contributed by atoms with Gasteiger partial charge in [-0.25, -0.2) is 0 Å². The van der Waals surface area contributed by atoms with Gasteiger partial charge >= 0.3 is 0 Å². The zero-order valence-corrected chi connectivity index (χ0v) is 12.9. The van der Waals surface area contributed by atoms with Gasteiger partial charge in [-0.2, -0.15) is 0 Å². The second-order valence-corrected chi connectivity index (χ2v) is 5.74. The van der Waals surface area contributed by atoms with Gasteiger partial charge in [0.2, 0.25) is 5.91 Å². The Kier molecular flexibility index (Phi) is 5.62. The van der Waals surface area contributed by atoms with Crippen LogP contribution in [0.1, 0.15) is 37.7 Å². The summed E-state index contributed by atoms with van der Waals surface area (Å²) in [6, 6.07) is 7.76. The number of aliphatic hydroxyl groups is 1. The molecule has 0 aromatic heterocycles. The molecule has 1 aliphatic carbocycles. The summed E-state index contributed by atoms with van der Waals surface area (Å²) in [4.78, 5) is 14.1. The molecule has 0 aliphatic heterocycles. The molecule has 1 N–H and O–H groups in total. The number of aliphatic hydroxyl groups excluding tert-OH is 1. The first kappa shape index (κ1) is 15.8. The normalized spacial score (nSPS) is 21.9. The summed E-state index contributed by atoms with van der Waals surface area (Å²) in [5.74, 6) is 0.914. The number of hydrogen-bond donors (Lipinski definition) is 1. The van der Waals surface area contributed by atoms with Gasteiger partial charge in [0.05, 0.1) is 19.3 Å². The molecule has 1 fully saturated rings. The lowest BCUT2D eigenvalue weighted by Crippen LogP contribution is -2.46. The van der Waals surface area contributed by atoms with Gasteiger partial charge in [-0.05, 0) is 30.9 Å². The molecule has 0 radical (unpaired) electrons. The van der Waals surface area contributed by atoms with Crippen molar-refractivity contribution >= 4 is 5.91 Å². The van der Waals surface area contributed by atoms with Crippen molar-refractivity contribution in [3.63, 3.8) is 0 Å². The molecule has 21 heavy (non-hydrogen) atoms. The van der Waals surface area contributed by atoms with Crippen molar-refractivity contribution in [2.75, 3.05) is 14.2 Å². The van der Waals surface area contributed by atoms with E-state index in [1.54, 1.807) is 12.0 Å². The van der Waals surface area contributed by atoms with Gasteiger partial charge in [0.15, 0.2) is 0 Å². The first-order valence-electron chi connectivity index (χ1n) is 7.69. The molecule has 0 heterocycles. The number of carbonyl (C=O) groups is 1. The molecule has 1 amide bonds. The van der Waals surface area contributed by atoms with Gasteiger partial charge in [0.25, 0.3) is 0 Å². The van der Waals surface area contributed by atoms with Crippen molar-refractivity contribution in [2.24, 2.45) is 0 Å². The molecule has 2 rings (SSSR count). The van der Waals surface area contributed by atoms with E-state index in [9.17, 15) is 9.90 Å². The minimum Gasteiger partial charge on any atom is -0.496 e. The van der Waals surface area contributed by atoms with Crippen LogP contribution in [0.5, 0.6) is 5.75 Å². The molecular formula is C17H25NO3. The molecule has 4 nitrogen and oxygen atoms in total. The molecule has 1 aromatic carbocycles. The van der Waals surface area contributed by atoms with E-state index in [-0.39, 0.29) is 18.1 Å². The molecule has 1 aromatic rings. The number of ether oxygens (including phenoxy) is 1. The summed E-state index contributed by atoms with van der Waals surface area (Å²) in [7, 11) is 3.45. The first-order valence-corrected chi connectivity index (χ1v) is 7.69. The maximum Gasteiger partial charge on any atom is 0.222 e. The standard InChI is InChI=1S/C17H25NO3/c1-18(14-8-4-5-9-15(14)19)17(20)12-11-13-7-3-6-10-16(13)21-2/h3,6-7,10,14-15,19H,4-5,8-9,11-12H2,1-2H3. The van der Waals surface area contributed by atoms with E-state index >= 15 is 0 Å². The summed E-state index contributed by atoms with van der Waals surface area (Å²) >= 11 is 0. The number of methoxy groups -OCH3 is 1. The molecule has 1 aliphatic rings. The second kappa shape index (κ2) is 7.46. The summed E-state index contributed by atoms with van der Waals surface area (Å²) in [6.07, 6.45) is 4.58. The van der Waals surface area contributed by atoms with Gasteiger partial charge in [-0.1, -0.05) is 31.0 Å². The van der Waals surface area contributed by atoms with Gasteiger partial charge in [0.1, 0.15) is 5.75 Å². The number of carbonyl (C=O) groups excluding carboxylic acids is 1. The van der Waals surface area contributed by atoms with Crippen LogP contribution in [0.2, 0.25) is 0 Å². The smallest absolute Gasteiger partial charge is 0.222 e.